The predicted octanol–water partition coefficient (Wildman–Crippen LogP) is 2.38. The van der Waals surface area contributed by atoms with E-state index in [2.05, 4.69) is 15.9 Å². The SMILES string of the molecule is COCCOc1cc(Br)ccc1[N+](=O)[O-]. The standard InChI is InChI=1S/C9H10BrNO4/c1-14-4-5-15-9-6-7(10)2-3-8(9)11(12)13/h2-3,6H,4-5H2,1H3. The Morgan fingerprint density at radius 1 is 1.47 bits per heavy atom. The van der Waals surface area contributed by atoms with Gasteiger partial charge in [0.1, 0.15) is 6.61 Å². The van der Waals surface area contributed by atoms with Crippen LogP contribution in [0.4, 0.5) is 5.69 Å². The van der Waals surface area contributed by atoms with Gasteiger partial charge in [-0.15, -0.1) is 0 Å². The van der Waals surface area contributed by atoms with Gasteiger partial charge in [-0.25, -0.2) is 0 Å². The van der Waals surface area contributed by atoms with Gasteiger partial charge in [0.05, 0.1) is 11.5 Å². The fourth-order valence-electron chi connectivity index (χ4n) is 0.989. The molecule has 1 aromatic rings. The number of halogens is 1. The van der Waals surface area contributed by atoms with Crippen molar-refractivity contribution < 1.29 is 14.4 Å². The third-order valence-corrected chi connectivity index (χ3v) is 2.16. The van der Waals surface area contributed by atoms with Gasteiger partial charge < -0.3 is 9.47 Å². The molecule has 0 spiro atoms. The Bertz CT molecular complexity index is 356. The maximum Gasteiger partial charge on any atom is 0.310 e. The molecule has 0 fully saturated rings. The van der Waals surface area contributed by atoms with E-state index < -0.39 is 4.92 Å². The molecule has 0 heterocycles. The molecular formula is C9H10BrNO4. The van der Waals surface area contributed by atoms with Gasteiger partial charge in [-0.1, -0.05) is 15.9 Å². The van der Waals surface area contributed by atoms with Crippen molar-refractivity contribution in [1.82, 2.24) is 0 Å². The van der Waals surface area contributed by atoms with E-state index in [9.17, 15) is 10.1 Å². The molecule has 1 aromatic carbocycles. The second kappa shape index (κ2) is 5.67. The van der Waals surface area contributed by atoms with E-state index in [0.717, 1.165) is 4.47 Å². The van der Waals surface area contributed by atoms with Crippen LogP contribution in [0.15, 0.2) is 22.7 Å². The van der Waals surface area contributed by atoms with Crippen LogP contribution < -0.4 is 4.74 Å². The molecule has 0 atom stereocenters. The highest BCUT2D eigenvalue weighted by Crippen LogP contribution is 2.29. The first-order valence-corrected chi connectivity index (χ1v) is 5.00. The molecule has 6 heteroatoms. The van der Waals surface area contributed by atoms with Crippen LogP contribution in [0.1, 0.15) is 0 Å². The van der Waals surface area contributed by atoms with Crippen LogP contribution in [0.25, 0.3) is 0 Å². The van der Waals surface area contributed by atoms with Crippen LogP contribution in [0.3, 0.4) is 0 Å². The van der Waals surface area contributed by atoms with Crippen molar-refractivity contribution in [2.75, 3.05) is 20.3 Å². The molecule has 0 aliphatic rings. The summed E-state index contributed by atoms with van der Waals surface area (Å²) >= 11 is 3.22. The molecule has 15 heavy (non-hydrogen) atoms. The average Bonchev–Trinajstić information content (AvgIpc) is 2.18. The number of hydrogen-bond acceptors (Lipinski definition) is 4. The number of nitrogens with zero attached hydrogens (tertiary/aromatic N) is 1. The Hall–Kier alpha value is -1.14. The van der Waals surface area contributed by atoms with Crippen LogP contribution in [0.5, 0.6) is 5.75 Å². The highest BCUT2D eigenvalue weighted by Gasteiger charge is 2.14. The van der Waals surface area contributed by atoms with Crippen molar-refractivity contribution in [3.8, 4) is 5.75 Å². The maximum atomic E-state index is 10.6. The zero-order chi connectivity index (χ0) is 11.3. The molecule has 0 saturated carbocycles. The summed E-state index contributed by atoms with van der Waals surface area (Å²) < 4.78 is 10.7. The Morgan fingerprint density at radius 2 is 2.20 bits per heavy atom. The molecule has 1 rings (SSSR count). The number of methoxy groups -OCH3 is 1. The van der Waals surface area contributed by atoms with Gasteiger partial charge in [-0.05, 0) is 6.07 Å². The molecule has 0 saturated heterocycles. The van der Waals surface area contributed by atoms with Crippen molar-refractivity contribution in [2.45, 2.75) is 0 Å². The second-order valence-electron chi connectivity index (χ2n) is 2.71. The van der Waals surface area contributed by atoms with E-state index in [-0.39, 0.29) is 18.0 Å². The average molecular weight is 276 g/mol. The van der Waals surface area contributed by atoms with Gasteiger partial charge in [0, 0.05) is 23.7 Å². The molecule has 0 N–H and O–H groups in total. The van der Waals surface area contributed by atoms with Gasteiger partial charge in [0.2, 0.25) is 0 Å². The van der Waals surface area contributed by atoms with Gasteiger partial charge in [-0.3, -0.25) is 10.1 Å². The summed E-state index contributed by atoms with van der Waals surface area (Å²) in [5.41, 5.74) is -0.0469. The highest BCUT2D eigenvalue weighted by atomic mass is 79.9. The number of nitro benzene ring substituents is 1. The van der Waals surface area contributed by atoms with Crippen molar-refractivity contribution >= 4 is 21.6 Å². The van der Waals surface area contributed by atoms with Gasteiger partial charge in [0.25, 0.3) is 0 Å². The summed E-state index contributed by atoms with van der Waals surface area (Å²) in [6, 6.07) is 4.56. The van der Waals surface area contributed by atoms with Crippen LogP contribution in [0.2, 0.25) is 0 Å². The topological polar surface area (TPSA) is 61.6 Å². The van der Waals surface area contributed by atoms with Crippen molar-refractivity contribution in [3.63, 3.8) is 0 Å². The molecule has 0 aliphatic heterocycles. The van der Waals surface area contributed by atoms with E-state index in [1.807, 2.05) is 0 Å². The lowest BCUT2D eigenvalue weighted by atomic mass is 10.3. The number of rotatable bonds is 5. The first-order chi connectivity index (χ1) is 7.15. The largest absolute Gasteiger partial charge is 0.484 e. The number of nitro groups is 1. The van der Waals surface area contributed by atoms with Gasteiger partial charge >= 0.3 is 5.69 Å². The van der Waals surface area contributed by atoms with Gasteiger partial charge in [-0.2, -0.15) is 0 Å². The van der Waals surface area contributed by atoms with E-state index in [1.165, 1.54) is 6.07 Å². The summed E-state index contributed by atoms with van der Waals surface area (Å²) in [7, 11) is 1.54. The summed E-state index contributed by atoms with van der Waals surface area (Å²) in [6.07, 6.45) is 0. The fourth-order valence-corrected chi connectivity index (χ4v) is 1.33. The normalized spacial score (nSPS) is 10.0. The van der Waals surface area contributed by atoms with E-state index >= 15 is 0 Å². The first-order valence-electron chi connectivity index (χ1n) is 4.21. The molecule has 0 amide bonds. The van der Waals surface area contributed by atoms with E-state index in [1.54, 1.807) is 19.2 Å². The molecule has 0 bridgehead atoms. The Balaban J connectivity index is 2.82. The second-order valence-corrected chi connectivity index (χ2v) is 3.63. The zero-order valence-corrected chi connectivity index (χ0v) is 9.69. The van der Waals surface area contributed by atoms with E-state index in [0.29, 0.717) is 6.61 Å². The quantitative estimate of drug-likeness (QED) is 0.470. The minimum atomic E-state index is -0.478. The van der Waals surface area contributed by atoms with Gasteiger partial charge in [0.15, 0.2) is 5.75 Å². The molecule has 0 radical (unpaired) electrons. The minimum Gasteiger partial charge on any atom is -0.484 e. The Morgan fingerprint density at radius 3 is 2.80 bits per heavy atom. The smallest absolute Gasteiger partial charge is 0.310 e. The molecule has 82 valence electrons. The lowest BCUT2D eigenvalue weighted by molar-refractivity contribution is -0.385. The molecule has 0 unspecified atom stereocenters. The lowest BCUT2D eigenvalue weighted by Crippen LogP contribution is -2.05. The van der Waals surface area contributed by atoms with Crippen LogP contribution in [-0.4, -0.2) is 25.2 Å². The first kappa shape index (κ1) is 11.9. The lowest BCUT2D eigenvalue weighted by Gasteiger charge is -2.06. The third-order valence-electron chi connectivity index (χ3n) is 1.66. The summed E-state index contributed by atoms with van der Waals surface area (Å²) in [5, 5.41) is 10.6. The molecular weight excluding hydrogens is 266 g/mol. The van der Waals surface area contributed by atoms with Crippen LogP contribution >= 0.6 is 15.9 Å². The maximum absolute atomic E-state index is 10.6. The highest BCUT2D eigenvalue weighted by molar-refractivity contribution is 9.10. The Labute approximate surface area is 95.3 Å². The molecule has 0 aromatic heterocycles. The Kier molecular flexibility index (Phi) is 4.51. The molecule has 0 aliphatic carbocycles. The van der Waals surface area contributed by atoms with E-state index in [4.69, 9.17) is 9.47 Å². The number of hydrogen-bond donors (Lipinski definition) is 0. The zero-order valence-electron chi connectivity index (χ0n) is 8.10. The minimum absolute atomic E-state index is 0.0469. The number of benzene rings is 1. The van der Waals surface area contributed by atoms with Crippen LogP contribution in [0, 0.1) is 10.1 Å². The summed E-state index contributed by atoms with van der Waals surface area (Å²) in [6.45, 7) is 0.678. The van der Waals surface area contributed by atoms with Crippen LogP contribution in [-0.2, 0) is 4.74 Å². The summed E-state index contributed by atoms with van der Waals surface area (Å²) in [4.78, 5) is 10.2. The molecule has 5 nitrogen and oxygen atoms in total. The predicted molar refractivity (Wildman–Crippen MR) is 58.2 cm³/mol. The summed E-state index contributed by atoms with van der Waals surface area (Å²) in [5.74, 6) is 0.242. The fraction of sp³-hybridized carbons (Fsp3) is 0.333. The van der Waals surface area contributed by atoms with Crippen molar-refractivity contribution in [3.05, 3.63) is 32.8 Å². The number of ether oxygens (including phenoxy) is 2. The third kappa shape index (κ3) is 3.49. The van der Waals surface area contributed by atoms with Crippen molar-refractivity contribution in [2.24, 2.45) is 0 Å². The van der Waals surface area contributed by atoms with Crippen molar-refractivity contribution in [1.29, 1.82) is 0 Å². The monoisotopic (exact) mass is 275 g/mol.